The second kappa shape index (κ2) is 7.85. The number of hydrogen-bond donors (Lipinski definition) is 2. The number of nitrogens with one attached hydrogen (secondary N) is 2. The lowest BCUT2D eigenvalue weighted by Gasteiger charge is -2.12. The second-order valence-electron chi connectivity index (χ2n) is 6.24. The lowest BCUT2D eigenvalue weighted by Crippen LogP contribution is -2.17. The Balaban J connectivity index is 1.82. The number of halogens is 1. The Hall–Kier alpha value is -1.80. The van der Waals surface area contributed by atoms with Crippen LogP contribution in [0, 0.1) is 0 Å². The van der Waals surface area contributed by atoms with Crippen LogP contribution in [0.5, 0.6) is 0 Å². The highest BCUT2D eigenvalue weighted by Crippen LogP contribution is 2.27. The van der Waals surface area contributed by atoms with Gasteiger partial charge in [0.2, 0.25) is 16.9 Å². The number of hydrogen-bond acceptors (Lipinski definition) is 5. The number of aromatic nitrogens is 2. The summed E-state index contributed by atoms with van der Waals surface area (Å²) in [6.07, 6.45) is 0.179. The lowest BCUT2D eigenvalue weighted by molar-refractivity contribution is -0.121. The first-order chi connectivity index (χ1) is 11.3. The molecule has 0 bridgehead atoms. The molecule has 2 N–H and O–H groups in total. The van der Waals surface area contributed by atoms with Gasteiger partial charge in [0.15, 0.2) is 0 Å². The summed E-state index contributed by atoms with van der Waals surface area (Å²) in [5, 5.41) is 14.8. The maximum absolute atomic E-state index is 11.9. The first kappa shape index (κ1) is 18.5. The molecule has 2 amide bonds. The van der Waals surface area contributed by atoms with Crippen LogP contribution in [0.3, 0.4) is 0 Å². The van der Waals surface area contributed by atoms with Gasteiger partial charge in [-0.3, -0.25) is 9.59 Å². The first-order valence-corrected chi connectivity index (χ1v) is 9.05. The number of carbonyl (C=O) groups excluding carboxylic acids is 2. The predicted molar refractivity (Wildman–Crippen MR) is 99.2 cm³/mol. The van der Waals surface area contributed by atoms with Gasteiger partial charge in [-0.15, -0.1) is 10.2 Å². The van der Waals surface area contributed by atoms with Gasteiger partial charge >= 0.3 is 0 Å². The van der Waals surface area contributed by atoms with Crippen molar-refractivity contribution in [3.63, 3.8) is 0 Å². The highest BCUT2D eigenvalue weighted by Gasteiger charge is 2.20. The molecule has 0 unspecified atom stereocenters. The zero-order valence-corrected chi connectivity index (χ0v) is 16.1. The second-order valence-corrected chi connectivity index (χ2v) is 8.07. The van der Waals surface area contributed by atoms with Gasteiger partial charge < -0.3 is 10.6 Å². The average Bonchev–Trinajstić information content (AvgIpc) is 2.96. The number of para-hydroxylation sites is 1. The molecule has 0 fully saturated rings. The molecule has 0 aliphatic heterocycles. The number of anilines is 2. The molecule has 2 aromatic rings. The third kappa shape index (κ3) is 5.38. The van der Waals surface area contributed by atoms with E-state index in [1.165, 1.54) is 11.3 Å². The number of benzene rings is 1. The van der Waals surface area contributed by atoms with E-state index >= 15 is 0 Å². The van der Waals surface area contributed by atoms with E-state index in [9.17, 15) is 9.59 Å². The summed E-state index contributed by atoms with van der Waals surface area (Å²) in [6, 6.07) is 7.32. The SMILES string of the molecule is CC(C)(C)c1nnc(NC(=O)CCC(=O)Nc2ccccc2Br)s1. The summed E-state index contributed by atoms with van der Waals surface area (Å²) in [4.78, 5) is 23.9. The summed E-state index contributed by atoms with van der Waals surface area (Å²) in [7, 11) is 0. The van der Waals surface area contributed by atoms with Crippen molar-refractivity contribution in [1.82, 2.24) is 10.2 Å². The van der Waals surface area contributed by atoms with Gasteiger partial charge in [-0.2, -0.15) is 0 Å². The van der Waals surface area contributed by atoms with Gasteiger partial charge in [0.05, 0.1) is 5.69 Å². The van der Waals surface area contributed by atoms with E-state index in [0.717, 1.165) is 9.48 Å². The molecule has 0 saturated carbocycles. The molecule has 24 heavy (non-hydrogen) atoms. The Morgan fingerprint density at radius 2 is 1.71 bits per heavy atom. The molecule has 1 heterocycles. The average molecular weight is 411 g/mol. The van der Waals surface area contributed by atoms with Crippen LogP contribution in [0.25, 0.3) is 0 Å². The van der Waals surface area contributed by atoms with Crippen molar-refractivity contribution in [2.75, 3.05) is 10.6 Å². The maximum Gasteiger partial charge on any atom is 0.226 e. The van der Waals surface area contributed by atoms with Gasteiger partial charge in [-0.05, 0) is 28.1 Å². The summed E-state index contributed by atoms with van der Waals surface area (Å²) in [6.45, 7) is 6.10. The Labute approximate surface area is 153 Å². The molecule has 2 rings (SSSR count). The van der Waals surface area contributed by atoms with Crippen molar-refractivity contribution < 1.29 is 9.59 Å². The van der Waals surface area contributed by atoms with E-state index in [1.54, 1.807) is 6.07 Å². The molecule has 0 radical (unpaired) electrons. The van der Waals surface area contributed by atoms with Crippen molar-refractivity contribution in [2.45, 2.75) is 39.0 Å². The third-order valence-electron chi connectivity index (χ3n) is 3.04. The normalized spacial score (nSPS) is 11.2. The zero-order valence-electron chi connectivity index (χ0n) is 13.7. The molecule has 128 valence electrons. The molecule has 0 aliphatic carbocycles. The van der Waals surface area contributed by atoms with Crippen molar-refractivity contribution in [3.05, 3.63) is 33.7 Å². The van der Waals surface area contributed by atoms with E-state index in [4.69, 9.17) is 0 Å². The van der Waals surface area contributed by atoms with Gasteiger partial charge in [0.25, 0.3) is 0 Å². The minimum atomic E-state index is -0.256. The topological polar surface area (TPSA) is 84.0 Å². The lowest BCUT2D eigenvalue weighted by atomic mass is 9.98. The van der Waals surface area contributed by atoms with Crippen LogP contribution in [0.15, 0.2) is 28.7 Å². The molecule has 6 nitrogen and oxygen atoms in total. The molecular formula is C16H19BrN4O2S. The Bertz CT molecular complexity index is 740. The van der Waals surface area contributed by atoms with Crippen LogP contribution in [-0.2, 0) is 15.0 Å². The van der Waals surface area contributed by atoms with E-state index in [0.29, 0.717) is 10.8 Å². The van der Waals surface area contributed by atoms with Crippen molar-refractivity contribution >= 4 is 49.9 Å². The third-order valence-corrected chi connectivity index (χ3v) is 5.00. The number of nitrogens with zero attached hydrogens (tertiary/aromatic N) is 2. The van der Waals surface area contributed by atoms with Crippen molar-refractivity contribution in [2.24, 2.45) is 0 Å². The summed E-state index contributed by atoms with van der Waals surface area (Å²) < 4.78 is 0.798. The van der Waals surface area contributed by atoms with Gasteiger partial charge in [0.1, 0.15) is 5.01 Å². The van der Waals surface area contributed by atoms with Crippen LogP contribution in [0.1, 0.15) is 38.6 Å². The minimum absolute atomic E-state index is 0.0840. The standard InChI is InChI=1S/C16H19BrN4O2S/c1-16(2,3)14-20-21-15(24-14)19-13(23)9-8-12(22)18-11-7-5-4-6-10(11)17/h4-7H,8-9H2,1-3H3,(H,18,22)(H,19,21,23). The molecule has 8 heteroatoms. The first-order valence-electron chi connectivity index (χ1n) is 7.44. The largest absolute Gasteiger partial charge is 0.325 e. The quantitative estimate of drug-likeness (QED) is 0.780. The number of carbonyl (C=O) groups is 2. The van der Waals surface area contributed by atoms with Crippen LogP contribution in [0.2, 0.25) is 0 Å². The van der Waals surface area contributed by atoms with Crippen LogP contribution in [0.4, 0.5) is 10.8 Å². The fraction of sp³-hybridized carbons (Fsp3) is 0.375. The van der Waals surface area contributed by atoms with Crippen LogP contribution in [-0.4, -0.2) is 22.0 Å². The fourth-order valence-electron chi connectivity index (χ4n) is 1.76. The molecular weight excluding hydrogens is 392 g/mol. The van der Waals surface area contributed by atoms with E-state index in [-0.39, 0.29) is 30.1 Å². The molecule has 1 aromatic heterocycles. The number of amides is 2. The Morgan fingerprint density at radius 3 is 2.29 bits per heavy atom. The Kier molecular flexibility index (Phi) is 6.06. The van der Waals surface area contributed by atoms with Crippen molar-refractivity contribution in [3.8, 4) is 0 Å². The minimum Gasteiger partial charge on any atom is -0.325 e. The van der Waals surface area contributed by atoms with Gasteiger partial charge in [-0.25, -0.2) is 0 Å². The molecule has 0 saturated heterocycles. The summed E-state index contributed by atoms with van der Waals surface area (Å²) in [5.41, 5.74) is 0.575. The van der Waals surface area contributed by atoms with Gasteiger partial charge in [-0.1, -0.05) is 44.2 Å². The van der Waals surface area contributed by atoms with Crippen LogP contribution < -0.4 is 10.6 Å². The van der Waals surface area contributed by atoms with E-state index in [2.05, 4.69) is 36.8 Å². The maximum atomic E-state index is 11.9. The smallest absolute Gasteiger partial charge is 0.226 e. The molecule has 0 atom stereocenters. The highest BCUT2D eigenvalue weighted by atomic mass is 79.9. The van der Waals surface area contributed by atoms with E-state index < -0.39 is 0 Å². The predicted octanol–water partition coefficient (Wildman–Crippen LogP) is 3.96. The Morgan fingerprint density at radius 1 is 1.08 bits per heavy atom. The molecule has 0 aliphatic rings. The zero-order chi connectivity index (χ0) is 17.7. The fourth-order valence-corrected chi connectivity index (χ4v) is 2.96. The highest BCUT2D eigenvalue weighted by molar-refractivity contribution is 9.10. The number of rotatable bonds is 5. The van der Waals surface area contributed by atoms with Crippen LogP contribution >= 0.6 is 27.3 Å². The molecule has 1 aromatic carbocycles. The van der Waals surface area contributed by atoms with E-state index in [1.807, 2.05) is 39.0 Å². The summed E-state index contributed by atoms with van der Waals surface area (Å²) >= 11 is 4.71. The monoisotopic (exact) mass is 410 g/mol. The molecule has 0 spiro atoms. The van der Waals surface area contributed by atoms with Gasteiger partial charge in [0, 0.05) is 22.7 Å². The summed E-state index contributed by atoms with van der Waals surface area (Å²) in [5.74, 6) is -0.474. The van der Waals surface area contributed by atoms with Crippen molar-refractivity contribution in [1.29, 1.82) is 0 Å².